The average molecular weight is 409 g/mol. The molecule has 0 bridgehead atoms. The second kappa shape index (κ2) is 7.71. The lowest BCUT2D eigenvalue weighted by molar-refractivity contribution is 0.102. The van der Waals surface area contributed by atoms with Crippen LogP contribution in [0.2, 0.25) is 0 Å². The SMILES string of the molecule is O=C(Nc1nc2c(s1)CCCC2)c1ccc2c(=O)n3c(nc2c1)CCCCCC3. The van der Waals surface area contributed by atoms with E-state index in [9.17, 15) is 9.59 Å². The number of nitrogens with zero attached hydrogens (tertiary/aromatic N) is 3. The van der Waals surface area contributed by atoms with Crippen molar-refractivity contribution in [1.82, 2.24) is 14.5 Å². The zero-order valence-corrected chi connectivity index (χ0v) is 17.2. The molecule has 1 aliphatic heterocycles. The quantitative estimate of drug-likeness (QED) is 0.693. The molecule has 3 aromatic rings. The number of nitrogens with one attached hydrogen (secondary N) is 1. The van der Waals surface area contributed by atoms with Gasteiger partial charge in [0.2, 0.25) is 0 Å². The third-order valence-electron chi connectivity index (χ3n) is 5.89. The van der Waals surface area contributed by atoms with Crippen LogP contribution in [0, 0.1) is 0 Å². The number of fused-ring (bicyclic) bond motifs is 3. The van der Waals surface area contributed by atoms with E-state index in [0.29, 0.717) is 21.6 Å². The summed E-state index contributed by atoms with van der Waals surface area (Å²) in [5, 5.41) is 4.17. The van der Waals surface area contributed by atoms with Gasteiger partial charge in [-0.25, -0.2) is 9.97 Å². The molecule has 1 N–H and O–H groups in total. The summed E-state index contributed by atoms with van der Waals surface area (Å²) in [5.41, 5.74) is 2.25. The minimum absolute atomic E-state index is 0.00598. The third-order valence-corrected chi connectivity index (χ3v) is 6.97. The number of rotatable bonds is 2. The minimum atomic E-state index is -0.202. The molecule has 0 atom stereocenters. The Bertz CT molecular complexity index is 1120. The van der Waals surface area contributed by atoms with Crippen molar-refractivity contribution in [2.45, 2.75) is 64.3 Å². The highest BCUT2D eigenvalue weighted by molar-refractivity contribution is 7.15. The Hall–Kier alpha value is -2.54. The first-order chi connectivity index (χ1) is 14.2. The summed E-state index contributed by atoms with van der Waals surface area (Å²) in [5.74, 6) is 0.638. The first-order valence-corrected chi connectivity index (χ1v) is 11.3. The highest BCUT2D eigenvalue weighted by atomic mass is 32.1. The van der Waals surface area contributed by atoms with Crippen LogP contribution in [-0.2, 0) is 25.8 Å². The molecule has 1 amide bonds. The predicted molar refractivity (Wildman–Crippen MR) is 115 cm³/mol. The van der Waals surface area contributed by atoms with E-state index in [0.717, 1.165) is 56.6 Å². The molecule has 2 aromatic heterocycles. The number of anilines is 1. The zero-order valence-electron chi connectivity index (χ0n) is 16.4. The van der Waals surface area contributed by atoms with Gasteiger partial charge in [-0.1, -0.05) is 12.8 Å². The van der Waals surface area contributed by atoms with Crippen molar-refractivity contribution in [3.8, 4) is 0 Å². The molecule has 1 aromatic carbocycles. The molecule has 1 aliphatic carbocycles. The van der Waals surface area contributed by atoms with E-state index in [-0.39, 0.29) is 11.5 Å². The van der Waals surface area contributed by atoms with E-state index in [2.05, 4.69) is 10.3 Å². The molecule has 5 rings (SSSR count). The van der Waals surface area contributed by atoms with Gasteiger partial charge in [-0.2, -0.15) is 0 Å². The smallest absolute Gasteiger partial charge is 0.261 e. The number of carbonyl (C=O) groups is 1. The van der Waals surface area contributed by atoms with E-state index >= 15 is 0 Å². The molecule has 150 valence electrons. The summed E-state index contributed by atoms with van der Waals surface area (Å²) in [6.07, 6.45) is 9.61. The van der Waals surface area contributed by atoms with E-state index < -0.39 is 0 Å². The van der Waals surface area contributed by atoms with Crippen LogP contribution in [-0.4, -0.2) is 20.4 Å². The second-order valence-electron chi connectivity index (χ2n) is 7.93. The summed E-state index contributed by atoms with van der Waals surface area (Å²) in [7, 11) is 0. The van der Waals surface area contributed by atoms with Gasteiger partial charge in [0.1, 0.15) is 5.82 Å². The van der Waals surface area contributed by atoms with Crippen molar-refractivity contribution in [2.24, 2.45) is 0 Å². The molecule has 6 nitrogen and oxygen atoms in total. The number of benzene rings is 1. The lowest BCUT2D eigenvalue weighted by atomic mass is 10.0. The molecule has 0 radical (unpaired) electrons. The van der Waals surface area contributed by atoms with Gasteiger partial charge in [0.25, 0.3) is 11.5 Å². The monoisotopic (exact) mass is 408 g/mol. The molecule has 0 unspecified atom stereocenters. The van der Waals surface area contributed by atoms with Gasteiger partial charge >= 0.3 is 0 Å². The lowest BCUT2D eigenvalue weighted by Gasteiger charge is -2.16. The number of hydrogen-bond donors (Lipinski definition) is 1. The van der Waals surface area contributed by atoms with Crippen molar-refractivity contribution >= 4 is 33.3 Å². The van der Waals surface area contributed by atoms with Crippen molar-refractivity contribution in [2.75, 3.05) is 5.32 Å². The number of aryl methyl sites for hydroxylation is 3. The van der Waals surface area contributed by atoms with Crippen LogP contribution in [0.4, 0.5) is 5.13 Å². The van der Waals surface area contributed by atoms with Crippen molar-refractivity contribution in [1.29, 1.82) is 0 Å². The van der Waals surface area contributed by atoms with E-state index in [1.54, 1.807) is 29.5 Å². The normalized spacial score (nSPS) is 16.6. The van der Waals surface area contributed by atoms with Crippen molar-refractivity contribution in [3.05, 3.63) is 50.5 Å². The van der Waals surface area contributed by atoms with Gasteiger partial charge < -0.3 is 0 Å². The molecular formula is C22H24N4O2S. The van der Waals surface area contributed by atoms with Gasteiger partial charge in [0.15, 0.2) is 5.13 Å². The third kappa shape index (κ3) is 3.59. The van der Waals surface area contributed by atoms with Gasteiger partial charge in [0.05, 0.1) is 16.6 Å². The van der Waals surface area contributed by atoms with Crippen LogP contribution in [0.3, 0.4) is 0 Å². The topological polar surface area (TPSA) is 76.9 Å². The number of aromatic nitrogens is 3. The highest BCUT2D eigenvalue weighted by Gasteiger charge is 2.18. The largest absolute Gasteiger partial charge is 0.298 e. The standard InChI is InChI=1S/C22H24N4O2S/c27-20(25-22-24-16-7-4-5-8-18(16)29-22)14-10-11-15-17(13-14)23-19-9-3-1-2-6-12-26(19)21(15)28/h10-11,13H,1-9,12H2,(H,24,25,27). The van der Waals surface area contributed by atoms with Crippen LogP contribution >= 0.6 is 11.3 Å². The Morgan fingerprint density at radius 2 is 1.83 bits per heavy atom. The molecule has 29 heavy (non-hydrogen) atoms. The van der Waals surface area contributed by atoms with Crippen LogP contribution in [0.25, 0.3) is 10.9 Å². The van der Waals surface area contributed by atoms with Gasteiger partial charge in [0, 0.05) is 23.4 Å². The fourth-order valence-electron chi connectivity index (χ4n) is 4.31. The maximum atomic E-state index is 12.9. The molecule has 7 heteroatoms. The Morgan fingerprint density at radius 3 is 2.72 bits per heavy atom. The Kier molecular flexibility index (Phi) is 4.91. The molecule has 0 fully saturated rings. The molecular weight excluding hydrogens is 384 g/mol. The van der Waals surface area contributed by atoms with Crippen LogP contribution in [0.5, 0.6) is 0 Å². The maximum Gasteiger partial charge on any atom is 0.261 e. The Morgan fingerprint density at radius 1 is 1.00 bits per heavy atom. The molecule has 0 saturated heterocycles. The lowest BCUT2D eigenvalue weighted by Crippen LogP contribution is -2.26. The summed E-state index contributed by atoms with van der Waals surface area (Å²) in [4.78, 5) is 36.4. The van der Waals surface area contributed by atoms with Crippen molar-refractivity contribution < 1.29 is 4.79 Å². The summed E-state index contributed by atoms with van der Waals surface area (Å²) in [6, 6.07) is 5.18. The van der Waals surface area contributed by atoms with E-state index in [4.69, 9.17) is 4.98 Å². The van der Waals surface area contributed by atoms with Crippen LogP contribution in [0.1, 0.15) is 65.3 Å². The fourth-order valence-corrected chi connectivity index (χ4v) is 5.36. The average Bonchev–Trinajstić information content (AvgIpc) is 3.11. The Labute approximate surface area is 173 Å². The minimum Gasteiger partial charge on any atom is -0.298 e. The number of hydrogen-bond acceptors (Lipinski definition) is 5. The molecule has 3 heterocycles. The highest BCUT2D eigenvalue weighted by Crippen LogP contribution is 2.30. The number of carbonyl (C=O) groups excluding carboxylic acids is 1. The Balaban J connectivity index is 1.45. The molecule has 0 saturated carbocycles. The fraction of sp³-hybridized carbons (Fsp3) is 0.455. The zero-order chi connectivity index (χ0) is 19.8. The summed E-state index contributed by atoms with van der Waals surface area (Å²) >= 11 is 1.58. The van der Waals surface area contributed by atoms with Gasteiger partial charge in [-0.05, 0) is 56.7 Å². The second-order valence-corrected chi connectivity index (χ2v) is 9.01. The predicted octanol–water partition coefficient (Wildman–Crippen LogP) is 4.10. The van der Waals surface area contributed by atoms with E-state index in [1.807, 2.05) is 4.57 Å². The van der Waals surface area contributed by atoms with Crippen molar-refractivity contribution in [3.63, 3.8) is 0 Å². The molecule has 2 aliphatic rings. The maximum absolute atomic E-state index is 12.9. The summed E-state index contributed by atoms with van der Waals surface area (Å²) in [6.45, 7) is 0.730. The molecule has 0 spiro atoms. The van der Waals surface area contributed by atoms with Gasteiger partial charge in [-0.3, -0.25) is 19.5 Å². The van der Waals surface area contributed by atoms with E-state index in [1.165, 1.54) is 24.1 Å². The van der Waals surface area contributed by atoms with Crippen LogP contribution < -0.4 is 10.9 Å². The number of thiazole rings is 1. The first-order valence-electron chi connectivity index (χ1n) is 10.5. The first kappa shape index (κ1) is 18.5. The van der Waals surface area contributed by atoms with Gasteiger partial charge in [-0.15, -0.1) is 11.3 Å². The number of amides is 1. The summed E-state index contributed by atoms with van der Waals surface area (Å²) < 4.78 is 1.82. The van der Waals surface area contributed by atoms with Crippen LogP contribution in [0.15, 0.2) is 23.0 Å².